The van der Waals surface area contributed by atoms with Gasteiger partial charge < -0.3 is 9.42 Å². The molecule has 0 unspecified atom stereocenters. The maximum atomic E-state index is 12.9. The van der Waals surface area contributed by atoms with Gasteiger partial charge in [0.15, 0.2) is 0 Å². The normalized spacial score (nSPS) is 15.2. The second-order valence-corrected chi connectivity index (χ2v) is 7.91. The number of nitrogens with zero attached hydrogens (tertiary/aromatic N) is 4. The van der Waals surface area contributed by atoms with Crippen LogP contribution in [0.25, 0.3) is 11.4 Å². The Morgan fingerprint density at radius 1 is 1.06 bits per heavy atom. The molecule has 2 heterocycles. The van der Waals surface area contributed by atoms with Crippen LogP contribution in [0.4, 0.5) is 13.2 Å². The monoisotopic (exact) mass is 444 g/mol. The van der Waals surface area contributed by atoms with Gasteiger partial charge >= 0.3 is 6.18 Å². The first kappa shape index (κ1) is 22.0. The number of benzene rings is 2. The molecule has 32 heavy (non-hydrogen) atoms. The quantitative estimate of drug-likeness (QED) is 0.596. The fourth-order valence-electron chi connectivity index (χ4n) is 3.73. The van der Waals surface area contributed by atoms with Crippen LogP contribution in [0.2, 0.25) is 0 Å². The maximum Gasteiger partial charge on any atom is 0.416 e. The second kappa shape index (κ2) is 9.12. The molecule has 0 saturated carbocycles. The third-order valence-electron chi connectivity index (χ3n) is 5.44. The number of halogens is 3. The third kappa shape index (κ3) is 5.34. The molecule has 4 rings (SSSR count). The zero-order valence-electron chi connectivity index (χ0n) is 17.6. The SMILES string of the molecule is Cc1cccc(CC(=O)N2CCN(Cc3nc(-c4cccc(C(F)(F)F)c4)no3)CC2)c1. The highest BCUT2D eigenvalue weighted by Crippen LogP contribution is 2.31. The smallest absolute Gasteiger partial charge is 0.340 e. The molecule has 0 radical (unpaired) electrons. The van der Waals surface area contributed by atoms with Crippen LogP contribution in [-0.4, -0.2) is 52.0 Å². The largest absolute Gasteiger partial charge is 0.416 e. The highest BCUT2D eigenvalue weighted by atomic mass is 19.4. The summed E-state index contributed by atoms with van der Waals surface area (Å²) in [6, 6.07) is 12.8. The second-order valence-electron chi connectivity index (χ2n) is 7.91. The minimum absolute atomic E-state index is 0.0971. The van der Waals surface area contributed by atoms with Crippen molar-refractivity contribution < 1.29 is 22.5 Å². The lowest BCUT2D eigenvalue weighted by Gasteiger charge is -2.34. The van der Waals surface area contributed by atoms with E-state index < -0.39 is 11.7 Å². The van der Waals surface area contributed by atoms with Gasteiger partial charge in [0.05, 0.1) is 18.5 Å². The molecule has 3 aromatic rings. The van der Waals surface area contributed by atoms with E-state index in [0.29, 0.717) is 45.0 Å². The van der Waals surface area contributed by atoms with Crippen LogP contribution in [-0.2, 0) is 23.9 Å². The summed E-state index contributed by atoms with van der Waals surface area (Å²) in [5.41, 5.74) is 1.63. The molecule has 0 aliphatic carbocycles. The predicted molar refractivity (Wildman–Crippen MR) is 111 cm³/mol. The summed E-state index contributed by atoms with van der Waals surface area (Å²) < 4.78 is 44.0. The van der Waals surface area contributed by atoms with Crippen molar-refractivity contribution in [3.05, 3.63) is 71.1 Å². The lowest BCUT2D eigenvalue weighted by Crippen LogP contribution is -2.48. The highest BCUT2D eigenvalue weighted by Gasteiger charge is 2.31. The molecule has 1 fully saturated rings. The van der Waals surface area contributed by atoms with E-state index in [1.807, 2.05) is 36.1 Å². The number of piperazine rings is 1. The van der Waals surface area contributed by atoms with Crippen LogP contribution in [0, 0.1) is 6.92 Å². The Bertz CT molecular complexity index is 1090. The van der Waals surface area contributed by atoms with E-state index in [1.165, 1.54) is 12.1 Å². The molecule has 1 aromatic heterocycles. The average Bonchev–Trinajstić information content (AvgIpc) is 3.22. The fraction of sp³-hybridized carbons (Fsp3) is 0.348. The summed E-state index contributed by atoms with van der Waals surface area (Å²) in [5, 5.41) is 3.83. The van der Waals surface area contributed by atoms with E-state index >= 15 is 0 Å². The summed E-state index contributed by atoms with van der Waals surface area (Å²) in [4.78, 5) is 20.8. The maximum absolute atomic E-state index is 12.9. The first-order valence-corrected chi connectivity index (χ1v) is 10.3. The van der Waals surface area contributed by atoms with E-state index in [2.05, 4.69) is 15.0 Å². The van der Waals surface area contributed by atoms with Gasteiger partial charge in [-0.2, -0.15) is 18.2 Å². The van der Waals surface area contributed by atoms with Crippen LogP contribution in [0.15, 0.2) is 53.1 Å². The van der Waals surface area contributed by atoms with Gasteiger partial charge in [0.2, 0.25) is 17.6 Å². The summed E-state index contributed by atoms with van der Waals surface area (Å²) in [6.07, 6.45) is -4.05. The molecule has 168 valence electrons. The third-order valence-corrected chi connectivity index (χ3v) is 5.44. The Morgan fingerprint density at radius 3 is 2.53 bits per heavy atom. The number of carbonyl (C=O) groups excluding carboxylic acids is 1. The zero-order chi connectivity index (χ0) is 22.7. The van der Waals surface area contributed by atoms with E-state index in [-0.39, 0.29) is 17.3 Å². The number of amides is 1. The van der Waals surface area contributed by atoms with Crippen LogP contribution in [0.5, 0.6) is 0 Å². The van der Waals surface area contributed by atoms with Crippen molar-refractivity contribution >= 4 is 5.91 Å². The standard InChI is InChI=1S/C23H23F3N4O2/c1-16-4-2-5-17(12-16)13-21(31)30-10-8-29(9-11-30)15-20-27-22(28-32-20)18-6-3-7-19(14-18)23(24,25)26/h2-7,12,14H,8-11,13,15H2,1H3. The van der Waals surface area contributed by atoms with Crippen molar-refractivity contribution in [2.24, 2.45) is 0 Å². The van der Waals surface area contributed by atoms with Gasteiger partial charge in [0.1, 0.15) is 0 Å². The van der Waals surface area contributed by atoms with Crippen molar-refractivity contribution in [1.29, 1.82) is 0 Å². The lowest BCUT2D eigenvalue weighted by molar-refractivity contribution is -0.137. The van der Waals surface area contributed by atoms with Crippen molar-refractivity contribution in [1.82, 2.24) is 19.9 Å². The Morgan fingerprint density at radius 2 is 1.81 bits per heavy atom. The molecule has 1 amide bonds. The fourth-order valence-corrected chi connectivity index (χ4v) is 3.73. The van der Waals surface area contributed by atoms with Gasteiger partial charge in [-0.3, -0.25) is 9.69 Å². The van der Waals surface area contributed by atoms with Crippen molar-refractivity contribution in [3.8, 4) is 11.4 Å². The number of aryl methyl sites for hydroxylation is 1. The summed E-state index contributed by atoms with van der Waals surface area (Å²) >= 11 is 0. The summed E-state index contributed by atoms with van der Waals surface area (Å²) in [5.74, 6) is 0.551. The average molecular weight is 444 g/mol. The zero-order valence-corrected chi connectivity index (χ0v) is 17.6. The van der Waals surface area contributed by atoms with Gasteiger partial charge in [-0.1, -0.05) is 47.1 Å². The molecule has 0 N–H and O–H groups in total. The molecule has 1 aliphatic rings. The molecule has 0 bridgehead atoms. The van der Waals surface area contributed by atoms with Crippen LogP contribution < -0.4 is 0 Å². The Kier molecular flexibility index (Phi) is 6.27. The minimum atomic E-state index is -4.43. The molecule has 0 spiro atoms. The van der Waals surface area contributed by atoms with E-state index in [1.54, 1.807) is 0 Å². The van der Waals surface area contributed by atoms with Gasteiger partial charge in [-0.05, 0) is 24.6 Å². The first-order chi connectivity index (χ1) is 15.3. The first-order valence-electron chi connectivity index (χ1n) is 10.3. The van der Waals surface area contributed by atoms with Gasteiger partial charge in [0, 0.05) is 31.7 Å². The molecular weight excluding hydrogens is 421 g/mol. The Labute approximate surface area is 183 Å². The topological polar surface area (TPSA) is 62.5 Å². The molecule has 2 aromatic carbocycles. The summed E-state index contributed by atoms with van der Waals surface area (Å²) in [7, 11) is 0. The number of alkyl halides is 3. The molecular formula is C23H23F3N4O2. The number of carbonyl (C=O) groups is 1. The minimum Gasteiger partial charge on any atom is -0.340 e. The van der Waals surface area contributed by atoms with E-state index in [4.69, 9.17) is 4.52 Å². The number of hydrogen-bond donors (Lipinski definition) is 0. The molecule has 1 saturated heterocycles. The highest BCUT2D eigenvalue weighted by molar-refractivity contribution is 5.79. The number of rotatable bonds is 5. The van der Waals surface area contributed by atoms with Crippen LogP contribution in [0.3, 0.4) is 0 Å². The number of aromatic nitrogens is 2. The molecule has 1 aliphatic heterocycles. The van der Waals surface area contributed by atoms with Crippen molar-refractivity contribution in [2.45, 2.75) is 26.1 Å². The van der Waals surface area contributed by atoms with Crippen molar-refractivity contribution in [3.63, 3.8) is 0 Å². The summed E-state index contributed by atoms with van der Waals surface area (Å²) in [6.45, 7) is 4.88. The molecule has 9 heteroatoms. The van der Waals surface area contributed by atoms with Crippen LogP contribution >= 0.6 is 0 Å². The predicted octanol–water partition coefficient (Wildman–Crippen LogP) is 3.95. The Balaban J connectivity index is 1.31. The van der Waals surface area contributed by atoms with Crippen molar-refractivity contribution in [2.75, 3.05) is 26.2 Å². The molecule has 6 nitrogen and oxygen atoms in total. The van der Waals surface area contributed by atoms with E-state index in [0.717, 1.165) is 23.3 Å². The van der Waals surface area contributed by atoms with Gasteiger partial charge in [-0.25, -0.2) is 0 Å². The molecule has 0 atom stereocenters. The lowest BCUT2D eigenvalue weighted by atomic mass is 10.1. The number of hydrogen-bond acceptors (Lipinski definition) is 5. The van der Waals surface area contributed by atoms with Crippen LogP contribution in [0.1, 0.15) is 22.6 Å². The van der Waals surface area contributed by atoms with Gasteiger partial charge in [0.25, 0.3) is 0 Å². The van der Waals surface area contributed by atoms with E-state index in [9.17, 15) is 18.0 Å². The van der Waals surface area contributed by atoms with Gasteiger partial charge in [-0.15, -0.1) is 0 Å². The Hall–Kier alpha value is -3.20.